The largest absolute Gasteiger partial charge is 0.496 e. The summed E-state index contributed by atoms with van der Waals surface area (Å²) in [5.74, 6) is 0.966. The minimum atomic E-state index is 0.130. The van der Waals surface area contributed by atoms with Crippen LogP contribution in [0.2, 0.25) is 0 Å². The minimum Gasteiger partial charge on any atom is -0.496 e. The average molecular weight is 271 g/mol. The maximum atomic E-state index is 10.5. The van der Waals surface area contributed by atoms with Crippen molar-refractivity contribution in [2.75, 3.05) is 7.11 Å². The molecule has 0 radical (unpaired) electrons. The molecular formula is C12H15BrO2. The van der Waals surface area contributed by atoms with Crippen molar-refractivity contribution in [2.24, 2.45) is 5.92 Å². The molecule has 1 aromatic rings. The Morgan fingerprint density at radius 1 is 1.53 bits per heavy atom. The molecule has 2 nitrogen and oxygen atoms in total. The zero-order chi connectivity index (χ0) is 11.3. The van der Waals surface area contributed by atoms with Gasteiger partial charge >= 0.3 is 0 Å². The van der Waals surface area contributed by atoms with Gasteiger partial charge < -0.3 is 9.53 Å². The third-order valence-corrected chi connectivity index (χ3v) is 2.96. The number of aryl methyl sites for hydroxylation is 1. The van der Waals surface area contributed by atoms with Gasteiger partial charge in [0.25, 0.3) is 0 Å². The molecule has 0 amide bonds. The minimum absolute atomic E-state index is 0.130. The molecule has 0 saturated heterocycles. The van der Waals surface area contributed by atoms with Gasteiger partial charge in [0.2, 0.25) is 0 Å². The van der Waals surface area contributed by atoms with Crippen molar-refractivity contribution in [1.82, 2.24) is 0 Å². The average Bonchev–Trinajstić information content (AvgIpc) is 2.26. The molecule has 0 aliphatic heterocycles. The fourth-order valence-corrected chi connectivity index (χ4v) is 1.92. The van der Waals surface area contributed by atoms with Crippen molar-refractivity contribution in [3.8, 4) is 5.75 Å². The zero-order valence-electron chi connectivity index (χ0n) is 9.00. The first-order valence-electron chi connectivity index (χ1n) is 4.95. The van der Waals surface area contributed by atoms with Gasteiger partial charge in [-0.2, -0.15) is 0 Å². The molecule has 1 rings (SSSR count). The molecule has 82 valence electrons. The number of ether oxygens (including phenoxy) is 1. The number of aldehydes is 1. The first-order valence-corrected chi connectivity index (χ1v) is 5.74. The molecule has 0 N–H and O–H groups in total. The van der Waals surface area contributed by atoms with E-state index in [1.165, 1.54) is 5.56 Å². The van der Waals surface area contributed by atoms with Gasteiger partial charge in [-0.15, -0.1) is 0 Å². The van der Waals surface area contributed by atoms with Gasteiger partial charge in [0.15, 0.2) is 0 Å². The van der Waals surface area contributed by atoms with Crippen LogP contribution in [0.25, 0.3) is 0 Å². The van der Waals surface area contributed by atoms with Crippen LogP contribution >= 0.6 is 15.9 Å². The van der Waals surface area contributed by atoms with Crippen molar-refractivity contribution in [3.63, 3.8) is 0 Å². The van der Waals surface area contributed by atoms with E-state index in [0.29, 0.717) is 0 Å². The number of hydrogen-bond donors (Lipinski definition) is 0. The quantitative estimate of drug-likeness (QED) is 0.768. The normalized spacial score (nSPS) is 12.2. The summed E-state index contributed by atoms with van der Waals surface area (Å²) in [6.45, 7) is 1.94. The molecule has 1 unspecified atom stereocenters. The maximum absolute atomic E-state index is 10.5. The third-order valence-electron chi connectivity index (χ3n) is 2.34. The van der Waals surface area contributed by atoms with Crippen molar-refractivity contribution in [2.45, 2.75) is 19.8 Å². The second-order valence-corrected chi connectivity index (χ2v) is 4.48. The fraction of sp³-hybridized carbons (Fsp3) is 0.417. The van der Waals surface area contributed by atoms with Gasteiger partial charge in [0.1, 0.15) is 12.0 Å². The molecule has 0 spiro atoms. The topological polar surface area (TPSA) is 26.3 Å². The van der Waals surface area contributed by atoms with Gasteiger partial charge in [-0.1, -0.05) is 13.0 Å². The Morgan fingerprint density at radius 3 is 2.80 bits per heavy atom. The first-order chi connectivity index (χ1) is 7.17. The Balaban J connectivity index is 2.63. The highest BCUT2D eigenvalue weighted by molar-refractivity contribution is 9.10. The fourth-order valence-electron chi connectivity index (χ4n) is 1.33. The lowest BCUT2D eigenvalue weighted by molar-refractivity contribution is -0.110. The number of carbonyl (C=O) groups is 1. The highest BCUT2D eigenvalue weighted by atomic mass is 79.9. The molecule has 15 heavy (non-hydrogen) atoms. The molecule has 0 saturated carbocycles. The summed E-state index contributed by atoms with van der Waals surface area (Å²) in [4.78, 5) is 10.5. The van der Waals surface area contributed by atoms with Crippen LogP contribution in [-0.2, 0) is 11.2 Å². The highest BCUT2D eigenvalue weighted by Gasteiger charge is 2.04. The predicted molar refractivity (Wildman–Crippen MR) is 64.2 cm³/mol. The lowest BCUT2D eigenvalue weighted by atomic mass is 10.0. The molecule has 0 fully saturated rings. The van der Waals surface area contributed by atoms with Crippen molar-refractivity contribution in [1.29, 1.82) is 0 Å². The van der Waals surface area contributed by atoms with Gasteiger partial charge in [-0.3, -0.25) is 0 Å². The van der Waals surface area contributed by atoms with Crippen LogP contribution in [0.15, 0.2) is 22.7 Å². The number of carbonyl (C=O) groups excluding carboxylic acids is 1. The molecule has 1 atom stereocenters. The van der Waals surface area contributed by atoms with E-state index >= 15 is 0 Å². The van der Waals surface area contributed by atoms with E-state index in [4.69, 9.17) is 4.74 Å². The number of methoxy groups -OCH3 is 1. The monoisotopic (exact) mass is 270 g/mol. The first kappa shape index (κ1) is 12.2. The van der Waals surface area contributed by atoms with Crippen LogP contribution in [0.4, 0.5) is 0 Å². The predicted octanol–water partition coefficient (Wildman–Crippen LogP) is 3.23. The molecule has 0 bridgehead atoms. The summed E-state index contributed by atoms with van der Waals surface area (Å²) in [6.07, 6.45) is 2.81. The van der Waals surface area contributed by atoms with Crippen LogP contribution in [0, 0.1) is 5.92 Å². The molecule has 0 heterocycles. The van der Waals surface area contributed by atoms with E-state index in [0.717, 1.165) is 29.4 Å². The summed E-state index contributed by atoms with van der Waals surface area (Å²) in [5.41, 5.74) is 1.22. The van der Waals surface area contributed by atoms with Gasteiger partial charge in [0.05, 0.1) is 11.6 Å². The van der Waals surface area contributed by atoms with Gasteiger partial charge in [0, 0.05) is 5.92 Å². The Hall–Kier alpha value is -0.830. The Kier molecular flexibility index (Phi) is 4.82. The second-order valence-electron chi connectivity index (χ2n) is 3.62. The van der Waals surface area contributed by atoms with Crippen LogP contribution in [0.3, 0.4) is 0 Å². The lowest BCUT2D eigenvalue weighted by Crippen LogP contribution is -1.98. The van der Waals surface area contributed by atoms with Crippen LogP contribution in [-0.4, -0.2) is 13.4 Å². The van der Waals surface area contributed by atoms with E-state index in [2.05, 4.69) is 15.9 Å². The summed E-state index contributed by atoms with van der Waals surface area (Å²) < 4.78 is 6.10. The highest BCUT2D eigenvalue weighted by Crippen LogP contribution is 2.26. The maximum Gasteiger partial charge on any atom is 0.133 e. The SMILES string of the molecule is COc1ccc(CCC(C)C=O)cc1Br. The Labute approximate surface area is 98.8 Å². The molecule has 0 aliphatic rings. The van der Waals surface area contributed by atoms with Crippen LogP contribution < -0.4 is 4.74 Å². The second kappa shape index (κ2) is 5.91. The summed E-state index contributed by atoms with van der Waals surface area (Å²) in [5, 5.41) is 0. The van der Waals surface area contributed by atoms with Crippen LogP contribution in [0.5, 0.6) is 5.75 Å². The van der Waals surface area contributed by atoms with Crippen molar-refractivity contribution in [3.05, 3.63) is 28.2 Å². The molecular weight excluding hydrogens is 256 g/mol. The van der Waals surface area contributed by atoms with E-state index < -0.39 is 0 Å². The Bertz CT molecular complexity index is 336. The van der Waals surface area contributed by atoms with Crippen LogP contribution in [0.1, 0.15) is 18.9 Å². The zero-order valence-corrected chi connectivity index (χ0v) is 10.6. The lowest BCUT2D eigenvalue weighted by Gasteiger charge is -2.07. The van der Waals surface area contributed by atoms with Crippen molar-refractivity contribution >= 4 is 22.2 Å². The summed E-state index contributed by atoms with van der Waals surface area (Å²) in [7, 11) is 1.65. The molecule has 0 aromatic heterocycles. The Morgan fingerprint density at radius 2 is 2.27 bits per heavy atom. The van der Waals surface area contributed by atoms with Gasteiger partial charge in [-0.05, 0) is 46.5 Å². The molecule has 0 aliphatic carbocycles. The summed E-state index contributed by atoms with van der Waals surface area (Å²) >= 11 is 3.44. The van der Waals surface area contributed by atoms with E-state index in [-0.39, 0.29) is 5.92 Å². The van der Waals surface area contributed by atoms with E-state index in [1.807, 2.05) is 25.1 Å². The standard InChI is InChI=1S/C12H15BrO2/c1-9(8-14)3-4-10-5-6-12(15-2)11(13)7-10/h5-9H,3-4H2,1-2H3. The number of benzene rings is 1. The number of halogens is 1. The molecule has 3 heteroatoms. The van der Waals surface area contributed by atoms with E-state index in [9.17, 15) is 4.79 Å². The summed E-state index contributed by atoms with van der Waals surface area (Å²) in [6, 6.07) is 6.00. The van der Waals surface area contributed by atoms with E-state index in [1.54, 1.807) is 7.11 Å². The van der Waals surface area contributed by atoms with Crippen molar-refractivity contribution < 1.29 is 9.53 Å². The van der Waals surface area contributed by atoms with Gasteiger partial charge in [-0.25, -0.2) is 0 Å². The number of rotatable bonds is 5. The molecule has 1 aromatic carbocycles. The third kappa shape index (κ3) is 3.67. The number of hydrogen-bond acceptors (Lipinski definition) is 2. The smallest absolute Gasteiger partial charge is 0.133 e.